The number of rotatable bonds is 2. The highest BCUT2D eigenvalue weighted by atomic mass is 19.1. The number of nitrogens with one attached hydrogen (secondary N) is 1. The molecule has 0 bridgehead atoms. The molecule has 4 aromatic rings. The van der Waals surface area contributed by atoms with Crippen LogP contribution in [0, 0.1) is 24.1 Å². The van der Waals surface area contributed by atoms with E-state index in [2.05, 4.69) is 16.2 Å². The van der Waals surface area contributed by atoms with Gasteiger partial charge in [0.05, 0.1) is 30.5 Å². The van der Waals surface area contributed by atoms with Crippen molar-refractivity contribution in [1.82, 2.24) is 19.7 Å². The van der Waals surface area contributed by atoms with E-state index in [1.165, 1.54) is 12.1 Å². The lowest BCUT2D eigenvalue weighted by molar-refractivity contribution is 0.0386. The number of aromatic amines is 1. The van der Waals surface area contributed by atoms with E-state index >= 15 is 0 Å². The summed E-state index contributed by atoms with van der Waals surface area (Å²) in [6.07, 6.45) is -0.384. The molecule has 0 saturated carbocycles. The van der Waals surface area contributed by atoms with Crippen molar-refractivity contribution in [2.24, 2.45) is 0 Å². The molecule has 138 valence electrons. The molecule has 6 nitrogen and oxygen atoms in total. The Labute approximate surface area is 160 Å². The summed E-state index contributed by atoms with van der Waals surface area (Å²) in [6, 6.07) is 14.2. The zero-order valence-corrected chi connectivity index (χ0v) is 15.1. The van der Waals surface area contributed by atoms with Gasteiger partial charge in [0, 0.05) is 10.9 Å². The lowest BCUT2D eigenvalue weighted by atomic mass is 10.0. The number of nitriles is 1. The minimum Gasteiger partial charge on any atom is -0.364 e. The Morgan fingerprint density at radius 3 is 2.96 bits per heavy atom. The first kappa shape index (κ1) is 16.7. The highest BCUT2D eigenvalue weighted by Crippen LogP contribution is 2.32. The van der Waals surface area contributed by atoms with E-state index in [1.807, 2.05) is 29.8 Å². The number of aromatic nitrogens is 4. The molecule has 1 N–H and O–H groups in total. The van der Waals surface area contributed by atoms with Gasteiger partial charge in [-0.15, -0.1) is 5.10 Å². The second-order valence-electron chi connectivity index (χ2n) is 6.87. The molecule has 28 heavy (non-hydrogen) atoms. The number of hydrogen-bond acceptors (Lipinski definition) is 4. The first-order valence-electron chi connectivity index (χ1n) is 8.98. The molecule has 0 saturated heterocycles. The molecule has 1 aliphatic heterocycles. The molecular weight excluding hydrogens is 357 g/mol. The SMILES string of the molecule is Cc1cc(F)ccc1C1OCCn2nc(-c3cc4cc(C#N)ccc4[nH]3)nc21. The standard InChI is InChI=1S/C21H16FN5O/c1-12-8-15(22)3-4-16(12)19-21-25-20(26-27(21)6-7-28-19)18-10-14-9-13(11-23)2-5-17(14)24-18/h2-5,8-10,19,24H,6-7H2,1H3. The van der Waals surface area contributed by atoms with Gasteiger partial charge in [-0.2, -0.15) is 5.26 Å². The molecule has 5 rings (SSSR count). The molecule has 1 atom stereocenters. The average molecular weight is 373 g/mol. The number of benzene rings is 2. The summed E-state index contributed by atoms with van der Waals surface area (Å²) in [5.41, 5.74) is 4.01. The van der Waals surface area contributed by atoms with Gasteiger partial charge in [-0.05, 0) is 54.4 Å². The van der Waals surface area contributed by atoms with Gasteiger partial charge < -0.3 is 9.72 Å². The number of hydrogen-bond donors (Lipinski definition) is 1. The maximum absolute atomic E-state index is 13.5. The fourth-order valence-electron chi connectivity index (χ4n) is 3.64. The Balaban J connectivity index is 1.58. The Kier molecular flexibility index (Phi) is 3.74. The second kappa shape index (κ2) is 6.29. The van der Waals surface area contributed by atoms with Gasteiger partial charge in [-0.3, -0.25) is 0 Å². The number of halogens is 1. The Bertz CT molecular complexity index is 1250. The van der Waals surface area contributed by atoms with Crippen LogP contribution in [0.4, 0.5) is 4.39 Å². The molecule has 0 aliphatic carbocycles. The third-order valence-electron chi connectivity index (χ3n) is 5.03. The fraction of sp³-hybridized carbons (Fsp3) is 0.190. The van der Waals surface area contributed by atoms with Crippen LogP contribution in [-0.4, -0.2) is 26.4 Å². The normalized spacial score (nSPS) is 16.1. The van der Waals surface area contributed by atoms with Crippen molar-refractivity contribution in [3.8, 4) is 17.6 Å². The van der Waals surface area contributed by atoms with Gasteiger partial charge in [0.1, 0.15) is 11.9 Å². The van der Waals surface area contributed by atoms with E-state index in [-0.39, 0.29) is 11.9 Å². The van der Waals surface area contributed by atoms with Gasteiger partial charge in [0.25, 0.3) is 0 Å². The van der Waals surface area contributed by atoms with E-state index in [0.717, 1.165) is 27.7 Å². The average Bonchev–Trinajstić information content (AvgIpc) is 3.31. The summed E-state index contributed by atoms with van der Waals surface area (Å²) in [6.45, 7) is 2.98. The van der Waals surface area contributed by atoms with E-state index < -0.39 is 0 Å². The van der Waals surface area contributed by atoms with Crippen molar-refractivity contribution in [1.29, 1.82) is 5.26 Å². The van der Waals surface area contributed by atoms with E-state index in [1.54, 1.807) is 12.1 Å². The van der Waals surface area contributed by atoms with Crippen molar-refractivity contribution in [3.05, 3.63) is 70.8 Å². The van der Waals surface area contributed by atoms with E-state index in [0.29, 0.717) is 30.4 Å². The van der Waals surface area contributed by atoms with Gasteiger partial charge in [-0.1, -0.05) is 6.07 Å². The monoisotopic (exact) mass is 373 g/mol. The summed E-state index contributed by atoms with van der Waals surface area (Å²) in [5, 5.41) is 14.7. The van der Waals surface area contributed by atoms with Crippen molar-refractivity contribution >= 4 is 10.9 Å². The molecule has 2 aromatic carbocycles. The lowest BCUT2D eigenvalue weighted by Gasteiger charge is -2.24. The molecular formula is C21H16FN5O. The van der Waals surface area contributed by atoms with Crippen LogP contribution in [-0.2, 0) is 11.3 Å². The molecule has 7 heteroatoms. The van der Waals surface area contributed by atoms with Crippen LogP contribution >= 0.6 is 0 Å². The molecule has 0 fully saturated rings. The van der Waals surface area contributed by atoms with Gasteiger partial charge in [0.2, 0.25) is 0 Å². The number of ether oxygens (including phenoxy) is 1. The number of nitrogens with zero attached hydrogens (tertiary/aromatic N) is 4. The third-order valence-corrected chi connectivity index (χ3v) is 5.03. The zero-order chi connectivity index (χ0) is 19.3. The molecule has 1 aliphatic rings. The van der Waals surface area contributed by atoms with Crippen molar-refractivity contribution in [2.75, 3.05) is 6.61 Å². The summed E-state index contributed by atoms with van der Waals surface area (Å²) < 4.78 is 21.3. The molecule has 3 heterocycles. The van der Waals surface area contributed by atoms with Crippen molar-refractivity contribution < 1.29 is 9.13 Å². The minimum atomic E-state index is -0.384. The van der Waals surface area contributed by atoms with E-state index in [4.69, 9.17) is 15.0 Å². The molecule has 0 spiro atoms. The number of H-pyrrole nitrogens is 1. The summed E-state index contributed by atoms with van der Waals surface area (Å²) in [5.74, 6) is 1.00. The number of aryl methyl sites for hydroxylation is 1. The molecule has 1 unspecified atom stereocenters. The predicted octanol–water partition coefficient (Wildman–Crippen LogP) is 3.87. The predicted molar refractivity (Wildman–Crippen MR) is 101 cm³/mol. The van der Waals surface area contributed by atoms with Gasteiger partial charge in [-0.25, -0.2) is 14.1 Å². The van der Waals surface area contributed by atoms with Gasteiger partial charge >= 0.3 is 0 Å². The third kappa shape index (κ3) is 2.66. The smallest absolute Gasteiger partial charge is 0.197 e. The Morgan fingerprint density at radius 2 is 2.14 bits per heavy atom. The molecule has 0 radical (unpaired) electrons. The topological polar surface area (TPSA) is 79.5 Å². The van der Waals surface area contributed by atoms with Crippen molar-refractivity contribution in [2.45, 2.75) is 19.6 Å². The summed E-state index contributed by atoms with van der Waals surface area (Å²) in [4.78, 5) is 8.02. The first-order valence-corrected chi connectivity index (χ1v) is 8.98. The second-order valence-corrected chi connectivity index (χ2v) is 6.87. The Hall–Kier alpha value is -3.50. The quantitative estimate of drug-likeness (QED) is 0.579. The lowest BCUT2D eigenvalue weighted by Crippen LogP contribution is -2.24. The maximum Gasteiger partial charge on any atom is 0.197 e. The first-order chi connectivity index (χ1) is 13.6. The van der Waals surface area contributed by atoms with Crippen LogP contribution in [0.3, 0.4) is 0 Å². The number of fused-ring (bicyclic) bond motifs is 2. The van der Waals surface area contributed by atoms with Crippen LogP contribution in [0.15, 0.2) is 42.5 Å². The van der Waals surface area contributed by atoms with Crippen LogP contribution in [0.1, 0.15) is 28.6 Å². The van der Waals surface area contributed by atoms with Crippen LogP contribution in [0.2, 0.25) is 0 Å². The highest BCUT2D eigenvalue weighted by molar-refractivity contribution is 5.85. The van der Waals surface area contributed by atoms with Crippen LogP contribution < -0.4 is 0 Å². The largest absolute Gasteiger partial charge is 0.364 e. The van der Waals surface area contributed by atoms with Crippen LogP contribution in [0.25, 0.3) is 22.4 Å². The highest BCUT2D eigenvalue weighted by Gasteiger charge is 2.28. The maximum atomic E-state index is 13.5. The molecule has 2 aromatic heterocycles. The minimum absolute atomic E-state index is 0.269. The fourth-order valence-corrected chi connectivity index (χ4v) is 3.64. The van der Waals surface area contributed by atoms with E-state index in [9.17, 15) is 4.39 Å². The molecule has 0 amide bonds. The summed E-state index contributed by atoms with van der Waals surface area (Å²) in [7, 11) is 0. The zero-order valence-electron chi connectivity index (χ0n) is 15.1. The van der Waals surface area contributed by atoms with Crippen LogP contribution in [0.5, 0.6) is 0 Å². The van der Waals surface area contributed by atoms with Gasteiger partial charge in [0.15, 0.2) is 11.6 Å². The summed E-state index contributed by atoms with van der Waals surface area (Å²) >= 11 is 0. The van der Waals surface area contributed by atoms with Crippen molar-refractivity contribution in [3.63, 3.8) is 0 Å². The Morgan fingerprint density at radius 1 is 1.25 bits per heavy atom.